The quantitative estimate of drug-likeness (QED) is 0.549. The van der Waals surface area contributed by atoms with Gasteiger partial charge in [0.05, 0.1) is 12.3 Å². The third kappa shape index (κ3) is 4.65. The normalized spacial score (nSPS) is 21.9. The van der Waals surface area contributed by atoms with Crippen LogP contribution in [0.25, 0.3) is 11.1 Å². The van der Waals surface area contributed by atoms with Gasteiger partial charge in [-0.05, 0) is 53.9 Å². The lowest BCUT2D eigenvalue weighted by Crippen LogP contribution is -2.47. The first-order valence-electron chi connectivity index (χ1n) is 12.1. The van der Waals surface area contributed by atoms with Crippen LogP contribution >= 0.6 is 0 Å². The van der Waals surface area contributed by atoms with Crippen LogP contribution in [-0.4, -0.2) is 41.8 Å². The molecule has 2 amide bonds. The Labute approximate surface area is 198 Å². The molecule has 0 saturated heterocycles. The Morgan fingerprint density at radius 3 is 2.21 bits per heavy atom. The van der Waals surface area contributed by atoms with E-state index in [1.165, 1.54) is 11.1 Å². The topological polar surface area (TPSA) is 105 Å². The van der Waals surface area contributed by atoms with Gasteiger partial charge >= 0.3 is 12.1 Å². The van der Waals surface area contributed by atoms with Gasteiger partial charge in [-0.25, -0.2) is 4.79 Å². The van der Waals surface area contributed by atoms with Gasteiger partial charge in [-0.2, -0.15) is 0 Å². The fraction of sp³-hybridized carbons (Fsp3) is 0.444. The largest absolute Gasteiger partial charge is 0.481 e. The van der Waals surface area contributed by atoms with Crippen molar-refractivity contribution in [3.63, 3.8) is 0 Å². The molecule has 2 fully saturated rings. The molecule has 34 heavy (non-hydrogen) atoms. The van der Waals surface area contributed by atoms with E-state index < -0.39 is 12.1 Å². The Bertz CT molecular complexity index is 1050. The van der Waals surface area contributed by atoms with E-state index in [4.69, 9.17) is 9.84 Å². The summed E-state index contributed by atoms with van der Waals surface area (Å²) in [6, 6.07) is 15.7. The summed E-state index contributed by atoms with van der Waals surface area (Å²) in [6.07, 6.45) is 3.53. The van der Waals surface area contributed by atoms with E-state index in [0.29, 0.717) is 12.8 Å². The molecule has 7 nitrogen and oxygen atoms in total. The van der Waals surface area contributed by atoms with Gasteiger partial charge in [-0.3, -0.25) is 9.59 Å². The third-order valence-electron chi connectivity index (χ3n) is 7.41. The Morgan fingerprint density at radius 1 is 0.941 bits per heavy atom. The maximum atomic E-state index is 12.9. The number of amides is 2. The lowest BCUT2D eigenvalue weighted by molar-refractivity contribution is -0.138. The highest BCUT2D eigenvalue weighted by atomic mass is 16.5. The average Bonchev–Trinajstić information content (AvgIpc) is 3.49. The monoisotopic (exact) mass is 462 g/mol. The maximum absolute atomic E-state index is 12.9. The standard InChI is InChI=1S/C27H30N2O5/c30-25(31)14-24(16-12-13-16)28-26(32)21-10-5-11-23(21)29-27(33)34-15-22-19-8-3-1-6-17(19)18-7-2-4-9-20(18)22/h1-4,6-9,16,21-24H,5,10-15H2,(H,28,32)(H,29,33)(H,30,31)/t21-,23+,24?/m1/s1. The lowest BCUT2D eigenvalue weighted by Gasteiger charge is -2.24. The van der Waals surface area contributed by atoms with Gasteiger partial charge < -0.3 is 20.5 Å². The molecule has 178 valence electrons. The molecule has 0 spiro atoms. The molecule has 2 aromatic carbocycles. The molecular formula is C27H30N2O5. The summed E-state index contributed by atoms with van der Waals surface area (Å²) in [7, 11) is 0. The van der Waals surface area contributed by atoms with Crippen LogP contribution in [0, 0.1) is 11.8 Å². The van der Waals surface area contributed by atoms with Crippen LogP contribution in [0.2, 0.25) is 0 Å². The number of carboxylic acids is 1. The van der Waals surface area contributed by atoms with Gasteiger partial charge in [0.1, 0.15) is 6.61 Å². The fourth-order valence-corrected chi connectivity index (χ4v) is 5.55. The molecule has 2 aromatic rings. The highest BCUT2D eigenvalue weighted by Gasteiger charge is 2.39. The van der Waals surface area contributed by atoms with Crippen molar-refractivity contribution in [2.24, 2.45) is 11.8 Å². The van der Waals surface area contributed by atoms with Gasteiger partial charge in [0.25, 0.3) is 0 Å². The summed E-state index contributed by atoms with van der Waals surface area (Å²) in [5.41, 5.74) is 4.65. The molecule has 0 aromatic heterocycles. The number of rotatable bonds is 8. The third-order valence-corrected chi connectivity index (χ3v) is 7.41. The number of alkyl carbamates (subject to hydrolysis) is 1. The molecule has 1 unspecified atom stereocenters. The summed E-state index contributed by atoms with van der Waals surface area (Å²) in [5, 5.41) is 15.0. The predicted molar refractivity (Wildman–Crippen MR) is 126 cm³/mol. The average molecular weight is 463 g/mol. The summed E-state index contributed by atoms with van der Waals surface area (Å²) < 4.78 is 5.65. The second-order valence-corrected chi connectivity index (χ2v) is 9.66. The van der Waals surface area contributed by atoms with Crippen molar-refractivity contribution >= 4 is 18.0 Å². The minimum atomic E-state index is -0.906. The highest BCUT2D eigenvalue weighted by Crippen LogP contribution is 2.44. The molecule has 3 aliphatic carbocycles. The zero-order chi connectivity index (χ0) is 23.7. The number of fused-ring (bicyclic) bond motifs is 3. The molecule has 2 saturated carbocycles. The van der Waals surface area contributed by atoms with Crippen LogP contribution < -0.4 is 10.6 Å². The molecule has 0 radical (unpaired) electrons. The van der Waals surface area contributed by atoms with Gasteiger partial charge in [0.2, 0.25) is 5.91 Å². The van der Waals surface area contributed by atoms with Gasteiger partial charge in [-0.15, -0.1) is 0 Å². The number of hydrogen-bond acceptors (Lipinski definition) is 4. The van der Waals surface area contributed by atoms with Crippen molar-refractivity contribution in [1.29, 1.82) is 0 Å². The van der Waals surface area contributed by atoms with E-state index in [1.807, 2.05) is 24.3 Å². The highest BCUT2D eigenvalue weighted by molar-refractivity contribution is 5.82. The van der Waals surface area contributed by atoms with Crippen molar-refractivity contribution in [1.82, 2.24) is 10.6 Å². The predicted octanol–water partition coefficient (Wildman–Crippen LogP) is 4.06. The maximum Gasteiger partial charge on any atom is 0.407 e. The van der Waals surface area contributed by atoms with Crippen LogP contribution in [0.5, 0.6) is 0 Å². The molecule has 3 aliphatic rings. The van der Waals surface area contributed by atoms with Crippen LogP contribution in [0.4, 0.5) is 4.79 Å². The minimum absolute atomic E-state index is 0.0175. The molecule has 3 atom stereocenters. The lowest BCUT2D eigenvalue weighted by atomic mass is 9.98. The molecule has 0 heterocycles. The second-order valence-electron chi connectivity index (χ2n) is 9.66. The number of carbonyl (C=O) groups excluding carboxylic acids is 2. The zero-order valence-electron chi connectivity index (χ0n) is 19.0. The smallest absolute Gasteiger partial charge is 0.407 e. The summed E-state index contributed by atoms with van der Waals surface area (Å²) in [5.74, 6) is -1.21. The van der Waals surface area contributed by atoms with E-state index >= 15 is 0 Å². The molecule has 7 heteroatoms. The van der Waals surface area contributed by atoms with Crippen molar-refractivity contribution in [2.75, 3.05) is 6.61 Å². The minimum Gasteiger partial charge on any atom is -0.481 e. The van der Waals surface area contributed by atoms with Crippen molar-refractivity contribution in [2.45, 2.75) is 56.5 Å². The Morgan fingerprint density at radius 2 is 1.59 bits per heavy atom. The van der Waals surface area contributed by atoms with Crippen molar-refractivity contribution in [3.05, 3.63) is 59.7 Å². The van der Waals surface area contributed by atoms with E-state index in [-0.39, 0.29) is 48.8 Å². The SMILES string of the molecule is O=C(O)CC(NC(=O)[C@@H]1CCC[C@@H]1NC(=O)OCC1c2ccccc2-c2ccccc21)C1CC1. The van der Waals surface area contributed by atoms with Crippen LogP contribution in [0.15, 0.2) is 48.5 Å². The number of benzene rings is 2. The van der Waals surface area contributed by atoms with E-state index in [2.05, 4.69) is 34.9 Å². The summed E-state index contributed by atoms with van der Waals surface area (Å²) in [6.45, 7) is 0.228. The van der Waals surface area contributed by atoms with Crippen LogP contribution in [-0.2, 0) is 14.3 Å². The van der Waals surface area contributed by atoms with Crippen molar-refractivity contribution in [3.8, 4) is 11.1 Å². The van der Waals surface area contributed by atoms with Crippen LogP contribution in [0.3, 0.4) is 0 Å². The molecule has 3 N–H and O–H groups in total. The summed E-state index contributed by atoms with van der Waals surface area (Å²) in [4.78, 5) is 36.8. The van der Waals surface area contributed by atoms with Gasteiger partial charge in [0.15, 0.2) is 0 Å². The summed E-state index contributed by atoms with van der Waals surface area (Å²) >= 11 is 0. The van der Waals surface area contributed by atoms with Crippen LogP contribution in [0.1, 0.15) is 55.6 Å². The molecule has 5 rings (SSSR count). The fourth-order valence-electron chi connectivity index (χ4n) is 5.55. The van der Waals surface area contributed by atoms with E-state index in [1.54, 1.807) is 0 Å². The second kappa shape index (κ2) is 9.49. The number of ether oxygens (including phenoxy) is 1. The number of carbonyl (C=O) groups is 3. The van der Waals surface area contributed by atoms with Crippen molar-refractivity contribution < 1.29 is 24.2 Å². The van der Waals surface area contributed by atoms with E-state index in [9.17, 15) is 14.4 Å². The van der Waals surface area contributed by atoms with Gasteiger partial charge in [0, 0.05) is 18.0 Å². The molecule has 0 aliphatic heterocycles. The first kappa shape index (κ1) is 22.4. The Balaban J connectivity index is 1.19. The number of aliphatic carboxylic acids is 1. The zero-order valence-corrected chi connectivity index (χ0v) is 19.0. The Kier molecular flexibility index (Phi) is 6.26. The molecular weight excluding hydrogens is 432 g/mol. The number of carboxylic acid groups (broad SMARTS) is 1. The first-order valence-corrected chi connectivity index (χ1v) is 12.1. The Hall–Kier alpha value is -3.35. The first-order chi connectivity index (χ1) is 16.5. The number of hydrogen-bond donors (Lipinski definition) is 3. The van der Waals surface area contributed by atoms with E-state index in [0.717, 1.165) is 30.4 Å². The molecule has 0 bridgehead atoms. The number of nitrogens with one attached hydrogen (secondary N) is 2. The van der Waals surface area contributed by atoms with Gasteiger partial charge in [-0.1, -0.05) is 55.0 Å².